The Morgan fingerprint density at radius 1 is 1.08 bits per heavy atom. The third kappa shape index (κ3) is 5.48. The third-order valence-electron chi connectivity index (χ3n) is 4.04. The highest BCUT2D eigenvalue weighted by molar-refractivity contribution is 6.42. The number of primary amides is 1. The topological polar surface area (TPSA) is 63.4 Å². The lowest BCUT2D eigenvalue weighted by molar-refractivity contribution is -0.118. The van der Waals surface area contributed by atoms with Crippen LogP contribution in [-0.4, -0.2) is 30.3 Å². The molecular formula is C19H20Cl2N2O2. The van der Waals surface area contributed by atoms with Gasteiger partial charge in [-0.3, -0.25) is 9.59 Å². The van der Waals surface area contributed by atoms with Gasteiger partial charge in [-0.2, -0.15) is 0 Å². The second kappa shape index (κ2) is 8.88. The molecule has 0 radical (unpaired) electrons. The summed E-state index contributed by atoms with van der Waals surface area (Å²) >= 11 is 12.0. The highest BCUT2D eigenvalue weighted by Gasteiger charge is 2.18. The highest BCUT2D eigenvalue weighted by Crippen LogP contribution is 2.30. The van der Waals surface area contributed by atoms with Crippen molar-refractivity contribution < 1.29 is 9.59 Å². The molecule has 0 aliphatic carbocycles. The summed E-state index contributed by atoms with van der Waals surface area (Å²) in [6.45, 7) is 0.492. The fourth-order valence-electron chi connectivity index (χ4n) is 2.65. The molecule has 25 heavy (non-hydrogen) atoms. The first-order valence-corrected chi connectivity index (χ1v) is 8.68. The van der Waals surface area contributed by atoms with Crippen molar-refractivity contribution in [3.05, 3.63) is 69.7 Å². The molecule has 2 aromatic carbocycles. The van der Waals surface area contributed by atoms with E-state index in [9.17, 15) is 9.59 Å². The van der Waals surface area contributed by atoms with Crippen LogP contribution in [0.5, 0.6) is 0 Å². The van der Waals surface area contributed by atoms with Crippen LogP contribution < -0.4 is 5.73 Å². The smallest absolute Gasteiger partial charge is 0.253 e. The number of rotatable bonds is 7. The number of halogens is 2. The highest BCUT2D eigenvalue weighted by atomic mass is 35.5. The summed E-state index contributed by atoms with van der Waals surface area (Å²) in [5.41, 5.74) is 6.89. The van der Waals surface area contributed by atoms with Crippen LogP contribution in [-0.2, 0) is 4.79 Å². The first-order valence-electron chi connectivity index (χ1n) is 7.92. The molecule has 2 rings (SSSR count). The summed E-state index contributed by atoms with van der Waals surface area (Å²) in [7, 11) is 1.74. The number of nitrogens with zero attached hydrogens (tertiary/aromatic N) is 1. The first kappa shape index (κ1) is 19.3. The minimum Gasteiger partial charge on any atom is -0.370 e. The van der Waals surface area contributed by atoms with Gasteiger partial charge in [-0.1, -0.05) is 47.5 Å². The van der Waals surface area contributed by atoms with E-state index in [0.717, 1.165) is 5.56 Å². The minimum atomic E-state index is -0.395. The van der Waals surface area contributed by atoms with Crippen LogP contribution in [0.2, 0.25) is 10.0 Å². The van der Waals surface area contributed by atoms with Crippen LogP contribution in [0, 0.1) is 0 Å². The van der Waals surface area contributed by atoms with Crippen LogP contribution >= 0.6 is 23.2 Å². The zero-order chi connectivity index (χ0) is 18.4. The number of benzene rings is 2. The van der Waals surface area contributed by atoms with Crippen LogP contribution in [0.4, 0.5) is 0 Å². The molecule has 0 saturated carbocycles. The van der Waals surface area contributed by atoms with Gasteiger partial charge in [-0.15, -0.1) is 0 Å². The van der Waals surface area contributed by atoms with E-state index in [4.69, 9.17) is 28.9 Å². The van der Waals surface area contributed by atoms with Gasteiger partial charge in [0, 0.05) is 25.6 Å². The van der Waals surface area contributed by atoms with Crippen molar-refractivity contribution in [1.29, 1.82) is 0 Å². The Balaban J connectivity index is 2.08. The van der Waals surface area contributed by atoms with Gasteiger partial charge in [-0.05, 0) is 42.2 Å². The largest absolute Gasteiger partial charge is 0.370 e. The fourth-order valence-corrected chi connectivity index (χ4v) is 2.95. The van der Waals surface area contributed by atoms with Crippen molar-refractivity contribution >= 4 is 35.0 Å². The van der Waals surface area contributed by atoms with E-state index in [1.807, 2.05) is 24.3 Å². The van der Waals surface area contributed by atoms with E-state index in [1.54, 1.807) is 36.2 Å². The zero-order valence-electron chi connectivity index (χ0n) is 13.9. The number of amides is 2. The van der Waals surface area contributed by atoms with Gasteiger partial charge in [0.05, 0.1) is 10.0 Å². The third-order valence-corrected chi connectivity index (χ3v) is 4.78. The minimum absolute atomic E-state index is 0.0624. The molecule has 132 valence electrons. The molecular weight excluding hydrogens is 359 g/mol. The summed E-state index contributed by atoms with van der Waals surface area (Å²) in [5, 5.41) is 0.891. The summed E-state index contributed by atoms with van der Waals surface area (Å²) in [6.07, 6.45) is 0.779. The molecule has 0 aromatic heterocycles. The summed E-state index contributed by atoms with van der Waals surface area (Å²) < 4.78 is 0. The molecule has 0 spiro atoms. The molecule has 0 bridgehead atoms. The van der Waals surface area contributed by atoms with Gasteiger partial charge in [-0.25, -0.2) is 0 Å². The normalized spacial score (nSPS) is 11.8. The molecule has 0 heterocycles. The SMILES string of the molecule is CN(CCC(CC(N)=O)c1ccc(Cl)c(Cl)c1)C(=O)c1ccccc1. The van der Waals surface area contributed by atoms with Crippen molar-refractivity contribution in [3.63, 3.8) is 0 Å². The predicted octanol–water partition coefficient (Wildman–Crippen LogP) is 4.11. The van der Waals surface area contributed by atoms with Crippen molar-refractivity contribution in [2.75, 3.05) is 13.6 Å². The molecule has 1 atom stereocenters. The molecule has 0 fully saturated rings. The Morgan fingerprint density at radius 2 is 1.76 bits per heavy atom. The van der Waals surface area contributed by atoms with Crippen LogP contribution in [0.3, 0.4) is 0 Å². The summed E-state index contributed by atoms with van der Waals surface area (Å²) in [4.78, 5) is 25.5. The van der Waals surface area contributed by atoms with E-state index in [0.29, 0.717) is 28.6 Å². The lowest BCUT2D eigenvalue weighted by Gasteiger charge is -2.22. The predicted molar refractivity (Wildman–Crippen MR) is 101 cm³/mol. The Bertz CT molecular complexity index is 750. The van der Waals surface area contributed by atoms with E-state index in [-0.39, 0.29) is 18.2 Å². The summed E-state index contributed by atoms with van der Waals surface area (Å²) in [5.74, 6) is -0.584. The molecule has 2 aromatic rings. The molecule has 1 unspecified atom stereocenters. The standard InChI is InChI=1S/C19H20Cl2N2O2/c1-23(19(25)13-5-3-2-4-6-13)10-9-15(12-18(22)24)14-7-8-16(20)17(21)11-14/h2-8,11,15H,9-10,12H2,1H3,(H2,22,24). The Morgan fingerprint density at radius 3 is 2.36 bits per heavy atom. The number of hydrogen-bond acceptors (Lipinski definition) is 2. The van der Waals surface area contributed by atoms with Crippen molar-refractivity contribution in [2.24, 2.45) is 5.73 Å². The van der Waals surface area contributed by atoms with Crippen LogP contribution in [0.15, 0.2) is 48.5 Å². The first-order chi connectivity index (χ1) is 11.9. The zero-order valence-corrected chi connectivity index (χ0v) is 15.4. The van der Waals surface area contributed by atoms with E-state index < -0.39 is 5.91 Å². The van der Waals surface area contributed by atoms with E-state index in [1.165, 1.54) is 0 Å². The lowest BCUT2D eigenvalue weighted by atomic mass is 9.92. The maximum Gasteiger partial charge on any atom is 0.253 e. The second-order valence-electron chi connectivity index (χ2n) is 5.92. The van der Waals surface area contributed by atoms with Gasteiger partial charge in [0.2, 0.25) is 5.91 Å². The Labute approximate surface area is 157 Å². The molecule has 6 heteroatoms. The van der Waals surface area contributed by atoms with Crippen LogP contribution in [0.1, 0.15) is 34.7 Å². The van der Waals surface area contributed by atoms with Gasteiger partial charge >= 0.3 is 0 Å². The average Bonchev–Trinajstić information content (AvgIpc) is 2.60. The maximum atomic E-state index is 12.4. The number of nitrogens with two attached hydrogens (primary N) is 1. The molecule has 2 N–H and O–H groups in total. The molecule has 4 nitrogen and oxygen atoms in total. The van der Waals surface area contributed by atoms with Crippen molar-refractivity contribution in [3.8, 4) is 0 Å². The van der Waals surface area contributed by atoms with E-state index >= 15 is 0 Å². The molecule has 0 aliphatic heterocycles. The number of carbonyl (C=O) groups excluding carboxylic acids is 2. The quantitative estimate of drug-likeness (QED) is 0.787. The molecule has 0 aliphatic rings. The van der Waals surface area contributed by atoms with Gasteiger partial charge in [0.25, 0.3) is 5.91 Å². The maximum absolute atomic E-state index is 12.4. The fraction of sp³-hybridized carbons (Fsp3) is 0.263. The second-order valence-corrected chi connectivity index (χ2v) is 6.74. The van der Waals surface area contributed by atoms with Gasteiger partial charge < -0.3 is 10.6 Å². The van der Waals surface area contributed by atoms with Crippen LogP contribution in [0.25, 0.3) is 0 Å². The van der Waals surface area contributed by atoms with E-state index in [2.05, 4.69) is 0 Å². The Kier molecular flexibility index (Phi) is 6.85. The average molecular weight is 379 g/mol. The van der Waals surface area contributed by atoms with Crippen molar-refractivity contribution in [1.82, 2.24) is 4.90 Å². The molecule has 0 saturated heterocycles. The number of carbonyl (C=O) groups is 2. The van der Waals surface area contributed by atoms with Crippen molar-refractivity contribution in [2.45, 2.75) is 18.8 Å². The monoisotopic (exact) mass is 378 g/mol. The summed E-state index contributed by atoms with van der Waals surface area (Å²) in [6, 6.07) is 14.4. The molecule has 2 amide bonds. The van der Waals surface area contributed by atoms with Gasteiger partial charge in [0.15, 0.2) is 0 Å². The number of hydrogen-bond donors (Lipinski definition) is 1. The Hall–Kier alpha value is -2.04. The lowest BCUT2D eigenvalue weighted by Crippen LogP contribution is -2.29. The van der Waals surface area contributed by atoms with Gasteiger partial charge in [0.1, 0.15) is 0 Å².